The van der Waals surface area contributed by atoms with Crippen molar-refractivity contribution in [1.82, 2.24) is 9.97 Å². The van der Waals surface area contributed by atoms with E-state index in [1.165, 1.54) is 11.3 Å². The zero-order valence-electron chi connectivity index (χ0n) is 12.0. The van der Waals surface area contributed by atoms with Crippen molar-refractivity contribution >= 4 is 44.9 Å². The number of rotatable bonds is 5. The molecule has 0 saturated heterocycles. The molecule has 2 heterocycles. The van der Waals surface area contributed by atoms with E-state index in [4.69, 9.17) is 21.4 Å². The van der Waals surface area contributed by atoms with Crippen LogP contribution in [0.5, 0.6) is 0 Å². The number of hydrogen-bond acceptors (Lipinski definition) is 7. The van der Waals surface area contributed by atoms with E-state index in [1.807, 2.05) is 6.92 Å². The Bertz CT molecular complexity index is 674. The third-order valence-corrected chi connectivity index (χ3v) is 4.34. The number of carbonyl (C=O) groups excluding carboxylic acids is 1. The highest BCUT2D eigenvalue weighted by Crippen LogP contribution is 2.36. The van der Waals surface area contributed by atoms with Crippen molar-refractivity contribution in [3.8, 4) is 0 Å². The van der Waals surface area contributed by atoms with Gasteiger partial charge in [-0.15, -0.1) is 11.3 Å². The number of thiophene rings is 1. The number of aliphatic hydroxyl groups excluding tert-OH is 1. The number of esters is 1. The van der Waals surface area contributed by atoms with Gasteiger partial charge in [0, 0.05) is 13.6 Å². The number of carbonyl (C=O) groups is 1. The normalized spacial score (nSPS) is 10.9. The second kappa shape index (κ2) is 6.55. The van der Waals surface area contributed by atoms with Crippen LogP contribution in [0, 0.1) is 6.92 Å². The van der Waals surface area contributed by atoms with Crippen molar-refractivity contribution in [1.29, 1.82) is 0 Å². The second-order valence-electron chi connectivity index (χ2n) is 4.42. The van der Waals surface area contributed by atoms with Gasteiger partial charge in [-0.2, -0.15) is 4.98 Å². The fourth-order valence-electron chi connectivity index (χ4n) is 2.02. The van der Waals surface area contributed by atoms with Crippen LogP contribution in [-0.4, -0.2) is 47.8 Å². The molecule has 0 aliphatic heterocycles. The average molecular weight is 330 g/mol. The Morgan fingerprint density at radius 1 is 1.48 bits per heavy atom. The molecule has 8 heteroatoms. The van der Waals surface area contributed by atoms with E-state index in [0.717, 1.165) is 10.9 Å². The first-order chi connectivity index (χ1) is 9.99. The fourth-order valence-corrected chi connectivity index (χ4v) is 3.30. The maximum Gasteiger partial charge on any atom is 0.348 e. The van der Waals surface area contributed by atoms with Gasteiger partial charge in [0.2, 0.25) is 5.28 Å². The largest absolute Gasteiger partial charge is 0.462 e. The zero-order valence-corrected chi connectivity index (χ0v) is 13.6. The van der Waals surface area contributed by atoms with E-state index < -0.39 is 0 Å². The molecule has 0 aromatic carbocycles. The monoisotopic (exact) mass is 329 g/mol. The summed E-state index contributed by atoms with van der Waals surface area (Å²) < 4.78 is 5.05. The highest BCUT2D eigenvalue weighted by atomic mass is 35.5. The maximum absolute atomic E-state index is 12.0. The maximum atomic E-state index is 12.0. The van der Waals surface area contributed by atoms with Gasteiger partial charge in [0.05, 0.1) is 18.6 Å². The molecule has 114 valence electrons. The molecule has 0 spiro atoms. The van der Waals surface area contributed by atoms with Gasteiger partial charge in [-0.1, -0.05) is 0 Å². The summed E-state index contributed by atoms with van der Waals surface area (Å²) in [6.45, 7) is 4.31. The predicted molar refractivity (Wildman–Crippen MR) is 83.5 cm³/mol. The van der Waals surface area contributed by atoms with Crippen molar-refractivity contribution in [2.75, 3.05) is 31.7 Å². The number of hydrogen-bond donors (Lipinski definition) is 1. The Hall–Kier alpha value is -1.44. The van der Waals surface area contributed by atoms with Gasteiger partial charge in [0.1, 0.15) is 15.5 Å². The Morgan fingerprint density at radius 2 is 2.19 bits per heavy atom. The molecule has 2 rings (SSSR count). The molecule has 21 heavy (non-hydrogen) atoms. The van der Waals surface area contributed by atoms with E-state index in [1.54, 1.807) is 18.9 Å². The molecule has 1 N–H and O–H groups in total. The average Bonchev–Trinajstić information content (AvgIpc) is 2.75. The van der Waals surface area contributed by atoms with Crippen molar-refractivity contribution < 1.29 is 14.6 Å². The Balaban J connectivity index is 2.62. The zero-order chi connectivity index (χ0) is 15.6. The number of aliphatic hydroxyl groups is 1. The minimum Gasteiger partial charge on any atom is -0.462 e. The number of fused-ring (bicyclic) bond motifs is 1. The molecule has 0 saturated carbocycles. The summed E-state index contributed by atoms with van der Waals surface area (Å²) in [7, 11) is 1.80. The molecule has 2 aromatic heterocycles. The first-order valence-electron chi connectivity index (χ1n) is 6.45. The molecule has 0 fully saturated rings. The number of likely N-dealkylation sites (N-methyl/N-ethyl adjacent to an activating group) is 1. The van der Waals surface area contributed by atoms with Crippen LogP contribution in [0.4, 0.5) is 5.82 Å². The fraction of sp³-hybridized carbons (Fsp3) is 0.462. The summed E-state index contributed by atoms with van der Waals surface area (Å²) in [6.07, 6.45) is 0. The van der Waals surface area contributed by atoms with Crippen LogP contribution < -0.4 is 4.90 Å². The lowest BCUT2D eigenvalue weighted by molar-refractivity contribution is 0.0531. The first-order valence-corrected chi connectivity index (χ1v) is 7.64. The minimum absolute atomic E-state index is 0.00642. The molecule has 0 bridgehead atoms. The lowest BCUT2D eigenvalue weighted by atomic mass is 10.2. The number of anilines is 1. The molecular formula is C13H16ClN3O3S. The molecule has 0 aliphatic rings. The number of nitrogens with zero attached hydrogens (tertiary/aromatic N) is 3. The summed E-state index contributed by atoms with van der Waals surface area (Å²) in [4.78, 5) is 23.3. The molecule has 6 nitrogen and oxygen atoms in total. The number of aryl methyl sites for hydroxylation is 1. The second-order valence-corrected chi connectivity index (χ2v) is 5.76. The van der Waals surface area contributed by atoms with Gasteiger partial charge in [0.25, 0.3) is 0 Å². The SMILES string of the molecule is CCOC(=O)c1sc2nc(Cl)nc(N(C)CCO)c2c1C. The highest BCUT2D eigenvalue weighted by molar-refractivity contribution is 7.20. The van der Waals surface area contributed by atoms with Gasteiger partial charge in [-0.25, -0.2) is 9.78 Å². The smallest absolute Gasteiger partial charge is 0.348 e. The van der Waals surface area contributed by atoms with Gasteiger partial charge in [0.15, 0.2) is 0 Å². The number of aromatic nitrogens is 2. The molecule has 0 amide bonds. The topological polar surface area (TPSA) is 75.5 Å². The van der Waals surface area contributed by atoms with Crippen molar-refractivity contribution in [2.45, 2.75) is 13.8 Å². The molecule has 0 atom stereocenters. The Morgan fingerprint density at radius 3 is 2.81 bits per heavy atom. The minimum atomic E-state index is -0.370. The molecular weight excluding hydrogens is 314 g/mol. The summed E-state index contributed by atoms with van der Waals surface area (Å²) >= 11 is 7.19. The summed E-state index contributed by atoms with van der Waals surface area (Å²) in [5, 5.41) is 9.96. The van der Waals surface area contributed by atoms with Crippen LogP contribution in [-0.2, 0) is 4.74 Å². The van der Waals surface area contributed by atoms with Crippen molar-refractivity contribution in [2.24, 2.45) is 0 Å². The van der Waals surface area contributed by atoms with E-state index in [-0.39, 0.29) is 17.9 Å². The standard InChI is InChI=1S/C13H16ClN3O3S/c1-4-20-12(19)9-7(2)8-10(17(3)5-6-18)15-13(14)16-11(8)21-9/h18H,4-6H2,1-3H3. The lowest BCUT2D eigenvalue weighted by Crippen LogP contribution is -2.22. The van der Waals surface area contributed by atoms with E-state index in [0.29, 0.717) is 28.7 Å². The molecule has 0 aliphatic carbocycles. The summed E-state index contributed by atoms with van der Waals surface area (Å²) in [6, 6.07) is 0. The van der Waals surface area contributed by atoms with E-state index in [2.05, 4.69) is 9.97 Å². The van der Waals surface area contributed by atoms with Crippen LogP contribution in [0.3, 0.4) is 0 Å². The van der Waals surface area contributed by atoms with Crippen molar-refractivity contribution in [3.05, 3.63) is 15.7 Å². The Kier molecular flexibility index (Phi) is 4.97. The van der Waals surface area contributed by atoms with Gasteiger partial charge >= 0.3 is 5.97 Å². The van der Waals surface area contributed by atoms with Crippen LogP contribution in [0.15, 0.2) is 0 Å². The highest BCUT2D eigenvalue weighted by Gasteiger charge is 2.22. The van der Waals surface area contributed by atoms with E-state index >= 15 is 0 Å². The molecule has 0 radical (unpaired) electrons. The quantitative estimate of drug-likeness (QED) is 0.670. The predicted octanol–water partition coefficient (Wildman–Crippen LogP) is 2.26. The van der Waals surface area contributed by atoms with Crippen LogP contribution >= 0.6 is 22.9 Å². The Labute approximate surface area is 131 Å². The first kappa shape index (κ1) is 15.9. The van der Waals surface area contributed by atoms with Gasteiger partial charge in [-0.3, -0.25) is 0 Å². The van der Waals surface area contributed by atoms with Crippen LogP contribution in [0.25, 0.3) is 10.2 Å². The molecule has 0 unspecified atom stereocenters. The van der Waals surface area contributed by atoms with Gasteiger partial charge < -0.3 is 14.7 Å². The van der Waals surface area contributed by atoms with Gasteiger partial charge in [-0.05, 0) is 31.0 Å². The number of ether oxygens (including phenoxy) is 1. The third kappa shape index (κ3) is 3.09. The summed E-state index contributed by atoms with van der Waals surface area (Å²) in [5.41, 5.74) is 0.768. The molecule has 2 aromatic rings. The lowest BCUT2D eigenvalue weighted by Gasteiger charge is -2.18. The van der Waals surface area contributed by atoms with E-state index in [9.17, 15) is 4.79 Å². The van der Waals surface area contributed by atoms with Crippen LogP contribution in [0.1, 0.15) is 22.2 Å². The number of halogens is 1. The summed E-state index contributed by atoms with van der Waals surface area (Å²) in [5.74, 6) is 0.230. The van der Waals surface area contributed by atoms with Crippen LogP contribution in [0.2, 0.25) is 5.28 Å². The van der Waals surface area contributed by atoms with Crippen molar-refractivity contribution in [3.63, 3.8) is 0 Å². The third-order valence-electron chi connectivity index (χ3n) is 3.00.